The molecule has 1 rings (SSSR count). The highest BCUT2D eigenvalue weighted by atomic mass is 19.4. The third-order valence-corrected chi connectivity index (χ3v) is 3.17. The Morgan fingerprint density at radius 1 is 1.31 bits per heavy atom. The van der Waals surface area contributed by atoms with E-state index in [0.717, 1.165) is 0 Å². The van der Waals surface area contributed by atoms with Crippen LogP contribution in [0.2, 0.25) is 0 Å². The molecular weight excluding hydrogens is 228 g/mol. The lowest BCUT2D eigenvalue weighted by Crippen LogP contribution is -2.43. The summed E-state index contributed by atoms with van der Waals surface area (Å²) in [7, 11) is 0. The highest BCUT2D eigenvalue weighted by Gasteiger charge is 2.56. The molecule has 0 aromatic rings. The van der Waals surface area contributed by atoms with Crippen molar-refractivity contribution in [2.75, 3.05) is 0 Å². The number of rotatable bonds is 3. The molecule has 1 aliphatic rings. The molecular formula is C10H14F4O2. The van der Waals surface area contributed by atoms with E-state index in [1.54, 1.807) is 0 Å². The lowest BCUT2D eigenvalue weighted by atomic mass is 9.78. The molecule has 0 amide bonds. The Labute approximate surface area is 90.6 Å². The van der Waals surface area contributed by atoms with Gasteiger partial charge in [0.1, 0.15) is 0 Å². The molecule has 16 heavy (non-hydrogen) atoms. The molecule has 1 saturated carbocycles. The van der Waals surface area contributed by atoms with Crippen molar-refractivity contribution >= 4 is 5.97 Å². The molecule has 0 saturated heterocycles. The second-order valence-corrected chi connectivity index (χ2v) is 4.34. The number of carbonyl (C=O) groups is 1. The lowest BCUT2D eigenvalue weighted by molar-refractivity contribution is -0.242. The smallest absolute Gasteiger partial charge is 0.422 e. The van der Waals surface area contributed by atoms with Crippen LogP contribution in [-0.2, 0) is 4.79 Å². The van der Waals surface area contributed by atoms with Gasteiger partial charge in [-0.1, -0.05) is 0 Å². The molecule has 0 aromatic carbocycles. The van der Waals surface area contributed by atoms with Crippen LogP contribution < -0.4 is 0 Å². The van der Waals surface area contributed by atoms with Crippen LogP contribution >= 0.6 is 0 Å². The maximum atomic E-state index is 13.4. The molecule has 6 heteroatoms. The SMILES string of the molecule is O=C(O)CCC1CCC(F)(C(F)(F)F)CC1. The van der Waals surface area contributed by atoms with Crippen molar-refractivity contribution in [1.82, 2.24) is 0 Å². The zero-order valence-electron chi connectivity index (χ0n) is 8.69. The van der Waals surface area contributed by atoms with Gasteiger partial charge in [-0.3, -0.25) is 4.79 Å². The van der Waals surface area contributed by atoms with E-state index in [0.29, 0.717) is 6.42 Å². The van der Waals surface area contributed by atoms with Crippen LogP contribution in [0.15, 0.2) is 0 Å². The number of hydrogen-bond acceptors (Lipinski definition) is 1. The fourth-order valence-electron chi connectivity index (χ4n) is 2.03. The van der Waals surface area contributed by atoms with E-state index < -0.39 is 30.7 Å². The van der Waals surface area contributed by atoms with Gasteiger partial charge >= 0.3 is 12.1 Å². The maximum absolute atomic E-state index is 13.4. The summed E-state index contributed by atoms with van der Waals surface area (Å²) in [6.45, 7) is 0. The van der Waals surface area contributed by atoms with E-state index >= 15 is 0 Å². The van der Waals surface area contributed by atoms with Crippen molar-refractivity contribution in [3.63, 3.8) is 0 Å². The summed E-state index contributed by atoms with van der Waals surface area (Å²) in [5.74, 6) is -1.06. The molecule has 0 radical (unpaired) electrons. The van der Waals surface area contributed by atoms with E-state index in [1.807, 2.05) is 0 Å². The average Bonchev–Trinajstić information content (AvgIpc) is 2.15. The van der Waals surface area contributed by atoms with Gasteiger partial charge in [-0.2, -0.15) is 13.2 Å². The van der Waals surface area contributed by atoms with Crippen LogP contribution in [0.1, 0.15) is 38.5 Å². The van der Waals surface area contributed by atoms with E-state index in [9.17, 15) is 22.4 Å². The largest absolute Gasteiger partial charge is 0.481 e. The van der Waals surface area contributed by atoms with Crippen LogP contribution in [0.25, 0.3) is 0 Å². The molecule has 2 nitrogen and oxygen atoms in total. The quantitative estimate of drug-likeness (QED) is 0.771. The van der Waals surface area contributed by atoms with E-state index in [-0.39, 0.29) is 25.2 Å². The van der Waals surface area contributed by atoms with E-state index in [2.05, 4.69) is 0 Å². The van der Waals surface area contributed by atoms with E-state index in [1.165, 1.54) is 0 Å². The first-order valence-electron chi connectivity index (χ1n) is 5.22. The number of hydrogen-bond donors (Lipinski definition) is 1. The number of halogens is 4. The van der Waals surface area contributed by atoms with Crippen LogP contribution in [-0.4, -0.2) is 22.9 Å². The summed E-state index contributed by atoms with van der Waals surface area (Å²) in [5, 5.41) is 8.42. The monoisotopic (exact) mass is 242 g/mol. The topological polar surface area (TPSA) is 37.3 Å². The Balaban J connectivity index is 2.42. The normalized spacial score (nSPS) is 31.4. The molecule has 1 N–H and O–H groups in total. The minimum atomic E-state index is -4.80. The maximum Gasteiger partial charge on any atom is 0.422 e. The number of carboxylic acids is 1. The molecule has 0 atom stereocenters. The first-order chi connectivity index (χ1) is 7.24. The Morgan fingerprint density at radius 3 is 2.19 bits per heavy atom. The van der Waals surface area contributed by atoms with Gasteiger partial charge in [-0.25, -0.2) is 4.39 Å². The highest BCUT2D eigenvalue weighted by Crippen LogP contribution is 2.46. The first-order valence-corrected chi connectivity index (χ1v) is 5.22. The van der Waals surface area contributed by atoms with Crippen molar-refractivity contribution < 1.29 is 27.5 Å². The fourth-order valence-corrected chi connectivity index (χ4v) is 2.03. The molecule has 0 bridgehead atoms. The van der Waals surface area contributed by atoms with Crippen LogP contribution in [0.5, 0.6) is 0 Å². The van der Waals surface area contributed by atoms with Crippen molar-refractivity contribution in [2.45, 2.75) is 50.4 Å². The summed E-state index contributed by atoms with van der Waals surface area (Å²) >= 11 is 0. The van der Waals surface area contributed by atoms with Gasteiger partial charge in [-0.15, -0.1) is 0 Å². The number of alkyl halides is 4. The Kier molecular flexibility index (Phi) is 3.80. The zero-order valence-corrected chi connectivity index (χ0v) is 8.69. The Bertz CT molecular complexity index is 254. The molecule has 0 heterocycles. The molecule has 1 aliphatic carbocycles. The van der Waals surface area contributed by atoms with Gasteiger partial charge in [0, 0.05) is 6.42 Å². The van der Waals surface area contributed by atoms with Crippen LogP contribution in [0.3, 0.4) is 0 Å². The molecule has 0 aromatic heterocycles. The van der Waals surface area contributed by atoms with Gasteiger partial charge in [0.2, 0.25) is 5.67 Å². The summed E-state index contributed by atoms with van der Waals surface area (Å²) in [5.41, 5.74) is -3.06. The van der Waals surface area contributed by atoms with Gasteiger partial charge in [-0.05, 0) is 38.0 Å². The van der Waals surface area contributed by atoms with E-state index in [4.69, 9.17) is 5.11 Å². The second-order valence-electron chi connectivity index (χ2n) is 4.34. The van der Waals surface area contributed by atoms with Crippen molar-refractivity contribution in [1.29, 1.82) is 0 Å². The minimum absolute atomic E-state index is 0.0596. The van der Waals surface area contributed by atoms with Crippen LogP contribution in [0, 0.1) is 5.92 Å². The fraction of sp³-hybridized carbons (Fsp3) is 0.900. The highest BCUT2D eigenvalue weighted by molar-refractivity contribution is 5.66. The van der Waals surface area contributed by atoms with Crippen molar-refractivity contribution in [3.8, 4) is 0 Å². The van der Waals surface area contributed by atoms with Crippen molar-refractivity contribution in [3.05, 3.63) is 0 Å². The van der Waals surface area contributed by atoms with Gasteiger partial charge < -0.3 is 5.11 Å². The lowest BCUT2D eigenvalue weighted by Gasteiger charge is -2.35. The predicted octanol–water partition coefficient (Wildman–Crippen LogP) is 3.31. The Morgan fingerprint density at radius 2 is 1.81 bits per heavy atom. The minimum Gasteiger partial charge on any atom is -0.481 e. The van der Waals surface area contributed by atoms with Gasteiger partial charge in [0.05, 0.1) is 0 Å². The third-order valence-electron chi connectivity index (χ3n) is 3.17. The standard InChI is InChI=1S/C10H14F4O2/c11-9(10(12,13)14)5-3-7(4-6-9)1-2-8(15)16/h7H,1-6H2,(H,15,16). The van der Waals surface area contributed by atoms with Crippen LogP contribution in [0.4, 0.5) is 17.6 Å². The second kappa shape index (κ2) is 4.59. The average molecular weight is 242 g/mol. The number of carboxylic acid groups (broad SMARTS) is 1. The summed E-state index contributed by atoms with van der Waals surface area (Å²) in [6, 6.07) is 0. The molecule has 0 unspecified atom stereocenters. The Hall–Kier alpha value is -0.810. The third kappa shape index (κ3) is 3.09. The first kappa shape index (κ1) is 13.3. The summed E-state index contributed by atoms with van der Waals surface area (Å²) < 4.78 is 50.3. The zero-order chi connectivity index (χ0) is 12.4. The molecule has 1 fully saturated rings. The van der Waals surface area contributed by atoms with Gasteiger partial charge in [0.25, 0.3) is 0 Å². The summed E-state index contributed by atoms with van der Waals surface area (Å²) in [4.78, 5) is 10.3. The predicted molar refractivity (Wildman–Crippen MR) is 48.7 cm³/mol. The van der Waals surface area contributed by atoms with Gasteiger partial charge in [0.15, 0.2) is 0 Å². The number of aliphatic carboxylic acids is 1. The molecule has 94 valence electrons. The molecule has 0 aliphatic heterocycles. The van der Waals surface area contributed by atoms with Crippen molar-refractivity contribution in [2.24, 2.45) is 5.92 Å². The molecule has 0 spiro atoms. The summed E-state index contributed by atoms with van der Waals surface area (Å²) in [6.07, 6.45) is -5.38.